The Morgan fingerprint density at radius 3 is 2.57 bits per heavy atom. The van der Waals surface area contributed by atoms with Crippen molar-refractivity contribution in [2.75, 3.05) is 26.1 Å². The Balaban J connectivity index is 2.33. The molecule has 0 bridgehead atoms. The summed E-state index contributed by atoms with van der Waals surface area (Å²) >= 11 is 0. The van der Waals surface area contributed by atoms with Crippen LogP contribution in [0.5, 0.6) is 5.75 Å². The molecule has 0 atom stereocenters. The number of nitrogens with one attached hydrogen (secondary N) is 2. The molecule has 0 aromatic heterocycles. The maximum Gasteiger partial charge on any atom is 0.319 e. The number of Topliss-reactive ketones (excluding diaryl/α,β-unsaturated/α-hetero) is 1. The molecule has 1 rings (SSSR count). The highest BCUT2D eigenvalue weighted by Gasteiger charge is 2.09. The second-order valence-electron chi connectivity index (χ2n) is 4.15. The number of rotatable bonds is 7. The first-order chi connectivity index (χ1) is 10.0. The van der Waals surface area contributed by atoms with Gasteiger partial charge in [-0.3, -0.25) is 9.59 Å². The van der Waals surface area contributed by atoms with Crippen molar-refractivity contribution in [3.05, 3.63) is 24.3 Å². The highest BCUT2D eigenvalue weighted by molar-refractivity contribution is 5.93. The third-order valence-electron chi connectivity index (χ3n) is 2.61. The molecule has 0 aliphatic heterocycles. The van der Waals surface area contributed by atoms with Crippen molar-refractivity contribution in [1.82, 2.24) is 5.32 Å². The first kappa shape index (κ1) is 16.5. The quantitative estimate of drug-likeness (QED) is 0.740. The maximum absolute atomic E-state index is 11.6. The molecule has 0 spiro atoms. The van der Waals surface area contributed by atoms with Gasteiger partial charge in [0.1, 0.15) is 5.75 Å². The molecule has 2 N–H and O–H groups in total. The molecule has 0 radical (unpaired) electrons. The van der Waals surface area contributed by atoms with Crippen LogP contribution in [-0.2, 0) is 14.3 Å². The molecule has 114 valence electrons. The van der Waals surface area contributed by atoms with E-state index in [-0.39, 0.29) is 25.2 Å². The standard InChI is InChI=1S/C14H18N2O5/c1-20-12-5-3-4-10(8-12)16-14(19)15-9-11(17)6-7-13(18)21-2/h3-5,8H,6-7,9H2,1-2H3,(H2,15,16,19). The lowest BCUT2D eigenvalue weighted by atomic mass is 10.2. The molecule has 2 amide bonds. The van der Waals surface area contributed by atoms with E-state index in [0.29, 0.717) is 11.4 Å². The fourth-order valence-electron chi connectivity index (χ4n) is 1.49. The summed E-state index contributed by atoms with van der Waals surface area (Å²) in [5.74, 6) is -0.0904. The number of hydrogen-bond acceptors (Lipinski definition) is 5. The normalized spacial score (nSPS) is 9.62. The summed E-state index contributed by atoms with van der Waals surface area (Å²) in [6.45, 7) is -0.146. The Bertz CT molecular complexity index is 516. The Hall–Kier alpha value is -2.57. The van der Waals surface area contributed by atoms with Crippen LogP contribution in [0, 0.1) is 0 Å². The van der Waals surface area contributed by atoms with Crippen LogP contribution in [-0.4, -0.2) is 38.5 Å². The fourth-order valence-corrected chi connectivity index (χ4v) is 1.49. The van der Waals surface area contributed by atoms with Crippen LogP contribution in [0.3, 0.4) is 0 Å². The van der Waals surface area contributed by atoms with Gasteiger partial charge in [-0.2, -0.15) is 0 Å². The van der Waals surface area contributed by atoms with Gasteiger partial charge in [0, 0.05) is 18.2 Å². The van der Waals surface area contributed by atoms with Gasteiger partial charge in [-0.25, -0.2) is 4.79 Å². The van der Waals surface area contributed by atoms with E-state index in [2.05, 4.69) is 15.4 Å². The van der Waals surface area contributed by atoms with Crippen molar-refractivity contribution in [1.29, 1.82) is 0 Å². The minimum Gasteiger partial charge on any atom is -0.497 e. The SMILES string of the molecule is COC(=O)CCC(=O)CNC(=O)Nc1cccc(OC)c1. The van der Waals surface area contributed by atoms with Gasteiger partial charge >= 0.3 is 12.0 Å². The summed E-state index contributed by atoms with van der Waals surface area (Å²) in [7, 11) is 2.78. The number of esters is 1. The average Bonchev–Trinajstić information content (AvgIpc) is 2.50. The average molecular weight is 294 g/mol. The highest BCUT2D eigenvalue weighted by atomic mass is 16.5. The molecule has 7 nitrogen and oxygen atoms in total. The van der Waals surface area contributed by atoms with Crippen LogP contribution >= 0.6 is 0 Å². The molecule has 1 aromatic carbocycles. The highest BCUT2D eigenvalue weighted by Crippen LogP contribution is 2.16. The number of urea groups is 1. The number of anilines is 1. The lowest BCUT2D eigenvalue weighted by molar-refractivity contribution is -0.141. The second-order valence-corrected chi connectivity index (χ2v) is 4.15. The lowest BCUT2D eigenvalue weighted by Crippen LogP contribution is -2.33. The zero-order valence-corrected chi connectivity index (χ0v) is 12.0. The predicted molar refractivity (Wildman–Crippen MR) is 76.3 cm³/mol. The summed E-state index contributed by atoms with van der Waals surface area (Å²) in [5, 5.41) is 4.99. The van der Waals surface area contributed by atoms with E-state index >= 15 is 0 Å². The molecular weight excluding hydrogens is 276 g/mol. The molecule has 0 aliphatic rings. The monoisotopic (exact) mass is 294 g/mol. The summed E-state index contributed by atoms with van der Waals surface area (Å²) < 4.78 is 9.45. The van der Waals surface area contributed by atoms with Gasteiger partial charge < -0.3 is 20.1 Å². The molecule has 0 unspecified atom stereocenters. The van der Waals surface area contributed by atoms with Crippen LogP contribution in [0.2, 0.25) is 0 Å². The van der Waals surface area contributed by atoms with Crippen LogP contribution < -0.4 is 15.4 Å². The lowest BCUT2D eigenvalue weighted by Gasteiger charge is -2.08. The Morgan fingerprint density at radius 2 is 1.90 bits per heavy atom. The van der Waals surface area contributed by atoms with Gasteiger partial charge in [0.2, 0.25) is 0 Å². The summed E-state index contributed by atoms with van der Waals surface area (Å²) in [6.07, 6.45) is 0.0423. The van der Waals surface area contributed by atoms with Crippen molar-refractivity contribution in [2.45, 2.75) is 12.8 Å². The van der Waals surface area contributed by atoms with Gasteiger partial charge in [-0.1, -0.05) is 6.07 Å². The molecule has 0 saturated carbocycles. The van der Waals surface area contributed by atoms with Crippen molar-refractivity contribution in [2.24, 2.45) is 0 Å². The summed E-state index contributed by atoms with van der Waals surface area (Å²) in [6, 6.07) is 6.32. The summed E-state index contributed by atoms with van der Waals surface area (Å²) in [4.78, 5) is 33.9. The third kappa shape index (κ3) is 6.42. The number of carbonyl (C=O) groups excluding carboxylic acids is 3. The number of benzene rings is 1. The van der Waals surface area contributed by atoms with Gasteiger partial charge in [0.25, 0.3) is 0 Å². The number of methoxy groups -OCH3 is 2. The van der Waals surface area contributed by atoms with E-state index in [4.69, 9.17) is 4.74 Å². The van der Waals surface area contributed by atoms with Gasteiger partial charge in [0.15, 0.2) is 5.78 Å². The van der Waals surface area contributed by atoms with Gasteiger partial charge in [-0.15, -0.1) is 0 Å². The largest absolute Gasteiger partial charge is 0.497 e. The number of hydrogen-bond donors (Lipinski definition) is 2. The number of ether oxygens (including phenoxy) is 2. The van der Waals surface area contributed by atoms with Crippen molar-refractivity contribution < 1.29 is 23.9 Å². The molecule has 0 saturated heterocycles. The van der Waals surface area contributed by atoms with Crippen LogP contribution in [0.15, 0.2) is 24.3 Å². The maximum atomic E-state index is 11.6. The van der Waals surface area contributed by atoms with Crippen LogP contribution in [0.25, 0.3) is 0 Å². The smallest absolute Gasteiger partial charge is 0.319 e. The molecule has 1 aromatic rings. The Morgan fingerprint density at radius 1 is 1.14 bits per heavy atom. The Kier molecular flexibility index (Phi) is 6.73. The van der Waals surface area contributed by atoms with Gasteiger partial charge in [-0.05, 0) is 12.1 Å². The van der Waals surface area contributed by atoms with Crippen molar-refractivity contribution >= 4 is 23.5 Å². The van der Waals surface area contributed by atoms with E-state index in [0.717, 1.165) is 0 Å². The van der Waals surface area contributed by atoms with E-state index < -0.39 is 12.0 Å². The van der Waals surface area contributed by atoms with E-state index in [1.54, 1.807) is 24.3 Å². The topological polar surface area (TPSA) is 93.7 Å². The van der Waals surface area contributed by atoms with Crippen LogP contribution in [0.1, 0.15) is 12.8 Å². The molecule has 7 heteroatoms. The first-order valence-electron chi connectivity index (χ1n) is 6.32. The summed E-state index contributed by atoms with van der Waals surface area (Å²) in [5.41, 5.74) is 0.550. The van der Waals surface area contributed by atoms with E-state index in [1.165, 1.54) is 14.2 Å². The van der Waals surface area contributed by atoms with Crippen LogP contribution in [0.4, 0.5) is 10.5 Å². The third-order valence-corrected chi connectivity index (χ3v) is 2.61. The van der Waals surface area contributed by atoms with Crippen molar-refractivity contribution in [3.63, 3.8) is 0 Å². The molecule has 0 heterocycles. The van der Waals surface area contributed by atoms with Gasteiger partial charge in [0.05, 0.1) is 27.2 Å². The molecule has 21 heavy (non-hydrogen) atoms. The first-order valence-corrected chi connectivity index (χ1v) is 6.32. The minimum atomic E-state index is -0.505. The predicted octanol–water partition coefficient (Wildman–Crippen LogP) is 1.34. The van der Waals surface area contributed by atoms with E-state index in [1.807, 2.05) is 0 Å². The molecule has 0 aliphatic carbocycles. The molecular formula is C14H18N2O5. The fraction of sp³-hybridized carbons (Fsp3) is 0.357. The zero-order chi connectivity index (χ0) is 15.7. The number of amides is 2. The minimum absolute atomic E-state index is 0.00845. The molecule has 0 fully saturated rings. The number of ketones is 1. The Labute approximate surface area is 122 Å². The van der Waals surface area contributed by atoms with Crippen molar-refractivity contribution in [3.8, 4) is 5.75 Å². The second kappa shape index (κ2) is 8.57. The zero-order valence-electron chi connectivity index (χ0n) is 12.0. The number of carbonyl (C=O) groups is 3. The van der Waals surface area contributed by atoms with E-state index in [9.17, 15) is 14.4 Å².